The molecule has 20 heavy (non-hydrogen) atoms. The van der Waals surface area contributed by atoms with Crippen molar-refractivity contribution in [3.05, 3.63) is 22.4 Å². The van der Waals surface area contributed by atoms with Crippen molar-refractivity contribution >= 4 is 31.6 Å². The molecule has 1 aliphatic rings. The molecule has 0 heterocycles. The molecule has 0 bridgehead atoms. The number of sulfonamides is 1. The number of anilines is 1. The van der Waals surface area contributed by atoms with E-state index in [9.17, 15) is 17.9 Å². The summed E-state index contributed by atoms with van der Waals surface area (Å²) >= 11 is 2.93. The maximum absolute atomic E-state index is 13.9. The topological polar surface area (TPSA) is 92.4 Å². The summed E-state index contributed by atoms with van der Waals surface area (Å²) in [4.78, 5) is -0.499. The number of halogens is 2. The van der Waals surface area contributed by atoms with Crippen LogP contribution in [0.15, 0.2) is 21.5 Å². The summed E-state index contributed by atoms with van der Waals surface area (Å²) in [7, 11) is -4.04. The Morgan fingerprint density at radius 2 is 2.10 bits per heavy atom. The van der Waals surface area contributed by atoms with E-state index in [4.69, 9.17) is 5.73 Å². The number of hydrogen-bond acceptors (Lipinski definition) is 4. The van der Waals surface area contributed by atoms with Crippen LogP contribution in [0.2, 0.25) is 0 Å². The third-order valence-electron chi connectivity index (χ3n) is 3.82. The second-order valence-corrected chi connectivity index (χ2v) is 8.10. The van der Waals surface area contributed by atoms with Gasteiger partial charge in [-0.25, -0.2) is 17.5 Å². The van der Waals surface area contributed by atoms with Crippen molar-refractivity contribution in [3.63, 3.8) is 0 Å². The number of hydrogen-bond donors (Lipinski definition) is 3. The Morgan fingerprint density at radius 1 is 1.50 bits per heavy atom. The molecule has 1 fully saturated rings. The molecule has 0 saturated heterocycles. The predicted octanol–water partition coefficient (Wildman–Crippen LogP) is 1.61. The first-order valence-corrected chi connectivity index (χ1v) is 8.28. The Kier molecular flexibility index (Phi) is 3.87. The molecular weight excluding hydrogens is 351 g/mol. The van der Waals surface area contributed by atoms with E-state index in [2.05, 4.69) is 20.7 Å². The smallest absolute Gasteiger partial charge is 0.243 e. The summed E-state index contributed by atoms with van der Waals surface area (Å²) in [5, 5.41) is 9.62. The van der Waals surface area contributed by atoms with Crippen molar-refractivity contribution in [2.24, 2.45) is 5.41 Å². The van der Waals surface area contributed by atoms with E-state index >= 15 is 0 Å². The molecule has 8 heteroatoms. The minimum Gasteiger partial charge on any atom is -0.399 e. The van der Waals surface area contributed by atoms with Crippen LogP contribution >= 0.6 is 15.9 Å². The van der Waals surface area contributed by atoms with Gasteiger partial charge in [0, 0.05) is 17.1 Å². The molecule has 1 aromatic rings. The number of nitrogens with one attached hydrogen (secondary N) is 1. The molecule has 1 aromatic carbocycles. The zero-order chi connectivity index (χ0) is 15.3. The molecule has 0 aromatic heterocycles. The van der Waals surface area contributed by atoms with Crippen LogP contribution in [0.3, 0.4) is 0 Å². The van der Waals surface area contributed by atoms with Crippen LogP contribution in [-0.4, -0.2) is 25.7 Å². The molecule has 1 aliphatic carbocycles. The summed E-state index contributed by atoms with van der Waals surface area (Å²) in [5.41, 5.74) is 5.11. The minimum absolute atomic E-state index is 0.00854. The highest BCUT2D eigenvalue weighted by Gasteiger charge is 2.49. The number of nitrogen functional groups attached to an aromatic ring is 1. The molecule has 2 rings (SSSR count). The second-order valence-electron chi connectivity index (χ2n) is 5.56. The fourth-order valence-electron chi connectivity index (χ4n) is 2.13. The summed E-state index contributed by atoms with van der Waals surface area (Å²) in [6, 6.07) is 1.93. The van der Waals surface area contributed by atoms with E-state index < -0.39 is 38.3 Å². The van der Waals surface area contributed by atoms with Gasteiger partial charge in [0.25, 0.3) is 0 Å². The zero-order valence-corrected chi connectivity index (χ0v) is 13.4. The van der Waals surface area contributed by atoms with Gasteiger partial charge in [0.05, 0.1) is 10.6 Å². The van der Waals surface area contributed by atoms with Crippen molar-refractivity contribution in [3.8, 4) is 0 Å². The van der Waals surface area contributed by atoms with Gasteiger partial charge in [-0.1, -0.05) is 13.8 Å². The second kappa shape index (κ2) is 4.94. The fourth-order valence-corrected chi connectivity index (χ4v) is 4.28. The molecule has 2 unspecified atom stereocenters. The molecular formula is C12H16BrFN2O3S. The summed E-state index contributed by atoms with van der Waals surface area (Å²) in [6.45, 7) is 3.50. The van der Waals surface area contributed by atoms with Gasteiger partial charge in [-0.2, -0.15) is 0 Å². The van der Waals surface area contributed by atoms with E-state index in [1.807, 2.05) is 0 Å². The Balaban J connectivity index is 2.33. The van der Waals surface area contributed by atoms with Gasteiger partial charge < -0.3 is 10.8 Å². The van der Waals surface area contributed by atoms with Gasteiger partial charge in [0.2, 0.25) is 10.0 Å². The average Bonchev–Trinajstić information content (AvgIpc) is 2.33. The normalized spacial score (nSPS) is 25.2. The average molecular weight is 367 g/mol. The highest BCUT2D eigenvalue weighted by atomic mass is 79.9. The minimum atomic E-state index is -4.04. The van der Waals surface area contributed by atoms with E-state index in [0.717, 1.165) is 6.07 Å². The van der Waals surface area contributed by atoms with Gasteiger partial charge in [-0.3, -0.25) is 0 Å². The van der Waals surface area contributed by atoms with Crippen LogP contribution in [0, 0.1) is 11.2 Å². The molecule has 112 valence electrons. The monoisotopic (exact) mass is 366 g/mol. The first-order valence-electron chi connectivity index (χ1n) is 6.00. The number of aliphatic hydroxyl groups is 1. The van der Waals surface area contributed by atoms with Crippen molar-refractivity contribution in [1.29, 1.82) is 0 Å². The van der Waals surface area contributed by atoms with E-state index in [1.165, 1.54) is 6.07 Å². The molecule has 4 N–H and O–H groups in total. The Labute approximate surface area is 125 Å². The summed E-state index contributed by atoms with van der Waals surface area (Å²) in [5.74, 6) is -0.885. The van der Waals surface area contributed by atoms with Gasteiger partial charge >= 0.3 is 0 Å². The van der Waals surface area contributed by atoms with Crippen molar-refractivity contribution in [2.75, 3.05) is 5.73 Å². The quantitative estimate of drug-likeness (QED) is 0.708. The molecule has 2 atom stereocenters. The van der Waals surface area contributed by atoms with Crippen molar-refractivity contribution < 1.29 is 17.9 Å². The number of nitrogens with two attached hydrogens (primary N) is 1. The number of aliphatic hydroxyl groups excluding tert-OH is 1. The predicted molar refractivity (Wildman–Crippen MR) is 77.0 cm³/mol. The lowest BCUT2D eigenvalue weighted by Crippen LogP contribution is -2.61. The standard InChI is InChI=1S/C12H16BrFN2O3S/c1-12(2)9(5-10(12)17)16-20(18,19)8-4-6(15)3-7(13)11(8)14/h3-4,9-10,16-17H,5,15H2,1-2H3. The lowest BCUT2D eigenvalue weighted by Gasteiger charge is -2.49. The van der Waals surface area contributed by atoms with Gasteiger partial charge in [-0.05, 0) is 34.5 Å². The third-order valence-corrected chi connectivity index (χ3v) is 5.87. The third kappa shape index (κ3) is 2.57. The van der Waals surface area contributed by atoms with Gasteiger partial charge in [-0.15, -0.1) is 0 Å². The van der Waals surface area contributed by atoms with Crippen molar-refractivity contribution in [1.82, 2.24) is 4.72 Å². The molecule has 5 nitrogen and oxygen atoms in total. The molecule has 0 radical (unpaired) electrons. The SMILES string of the molecule is CC1(C)C(O)CC1NS(=O)(=O)c1cc(N)cc(Br)c1F. The molecule has 0 spiro atoms. The van der Waals surface area contributed by atoms with Crippen LogP contribution < -0.4 is 10.5 Å². The largest absolute Gasteiger partial charge is 0.399 e. The number of benzene rings is 1. The van der Waals surface area contributed by atoms with Crippen LogP contribution in [0.4, 0.5) is 10.1 Å². The Bertz CT molecular complexity index is 648. The van der Waals surface area contributed by atoms with Crippen LogP contribution in [-0.2, 0) is 10.0 Å². The van der Waals surface area contributed by atoms with E-state index in [-0.39, 0.29) is 10.2 Å². The van der Waals surface area contributed by atoms with E-state index in [1.54, 1.807) is 13.8 Å². The zero-order valence-electron chi connectivity index (χ0n) is 11.0. The van der Waals surface area contributed by atoms with Crippen LogP contribution in [0.25, 0.3) is 0 Å². The van der Waals surface area contributed by atoms with Crippen LogP contribution in [0.5, 0.6) is 0 Å². The number of rotatable bonds is 3. The van der Waals surface area contributed by atoms with Crippen LogP contribution in [0.1, 0.15) is 20.3 Å². The first kappa shape index (κ1) is 15.7. The summed E-state index contributed by atoms with van der Waals surface area (Å²) < 4.78 is 40.9. The van der Waals surface area contributed by atoms with Crippen molar-refractivity contribution in [2.45, 2.75) is 37.3 Å². The summed E-state index contributed by atoms with van der Waals surface area (Å²) in [6.07, 6.45) is -0.273. The Hall–Kier alpha value is -0.700. The maximum atomic E-state index is 13.9. The lowest BCUT2D eigenvalue weighted by atomic mass is 9.65. The first-order chi connectivity index (χ1) is 9.05. The van der Waals surface area contributed by atoms with Gasteiger partial charge in [0.15, 0.2) is 5.82 Å². The Morgan fingerprint density at radius 3 is 2.60 bits per heavy atom. The highest BCUT2D eigenvalue weighted by molar-refractivity contribution is 9.10. The highest BCUT2D eigenvalue weighted by Crippen LogP contribution is 2.41. The van der Waals surface area contributed by atoms with E-state index in [0.29, 0.717) is 6.42 Å². The maximum Gasteiger partial charge on any atom is 0.243 e. The molecule has 0 amide bonds. The van der Waals surface area contributed by atoms with Gasteiger partial charge in [0.1, 0.15) is 4.90 Å². The fraction of sp³-hybridized carbons (Fsp3) is 0.500. The molecule has 1 saturated carbocycles. The lowest BCUT2D eigenvalue weighted by molar-refractivity contribution is -0.0645. The molecule has 0 aliphatic heterocycles.